The summed E-state index contributed by atoms with van der Waals surface area (Å²) in [7, 11) is -5.07. The second kappa shape index (κ2) is 43.3. The molecule has 0 radical (unpaired) electrons. The number of unbranched alkanes of at least 4 members (excludes halogenated alkanes) is 24. The first kappa shape index (κ1) is 61.1. The largest absolute Gasteiger partial charge is 0.457 e. The van der Waals surface area contributed by atoms with Gasteiger partial charge in [-0.15, -0.1) is 0 Å². The molecule has 13 heteroatoms. The fraction of sp³-hybridized carbons (Fsp3) is 0.827. The minimum atomic E-state index is -5.07. The fourth-order valence-corrected chi connectivity index (χ4v) is 8.35. The van der Waals surface area contributed by atoms with E-state index in [-0.39, 0.29) is 19.6 Å². The Morgan fingerprint density at radius 2 is 1.06 bits per heavy atom. The average Bonchev–Trinajstić information content (AvgIpc) is 3.28. The summed E-state index contributed by atoms with van der Waals surface area (Å²) in [6, 6.07) is 0. The number of ether oxygens (including phenoxy) is 4. The molecule has 0 amide bonds. The summed E-state index contributed by atoms with van der Waals surface area (Å²) in [5.41, 5.74) is 0. The van der Waals surface area contributed by atoms with E-state index in [4.69, 9.17) is 18.9 Å². The number of carbonyl (C=O) groups is 1. The number of esters is 1. The Morgan fingerprint density at radius 3 is 1.55 bits per heavy atom. The van der Waals surface area contributed by atoms with Gasteiger partial charge in [-0.3, -0.25) is 9.35 Å². The number of aliphatic hydroxyl groups is 3. The summed E-state index contributed by atoms with van der Waals surface area (Å²) in [5, 5.41) is 30.8. The maximum Gasteiger partial charge on any atom is 0.397 e. The van der Waals surface area contributed by atoms with Crippen molar-refractivity contribution >= 4 is 16.4 Å². The second-order valence-electron chi connectivity index (χ2n) is 17.7. The predicted molar refractivity (Wildman–Crippen MR) is 262 cm³/mol. The van der Waals surface area contributed by atoms with E-state index in [9.17, 15) is 33.1 Å². The molecule has 6 unspecified atom stereocenters. The van der Waals surface area contributed by atoms with Gasteiger partial charge in [0.15, 0.2) is 6.29 Å². The van der Waals surface area contributed by atoms with E-state index in [2.05, 4.69) is 66.6 Å². The van der Waals surface area contributed by atoms with Crippen molar-refractivity contribution in [1.82, 2.24) is 0 Å². The van der Waals surface area contributed by atoms with Crippen LogP contribution in [-0.4, -0.2) is 97.5 Å². The molecule has 0 saturated carbocycles. The molecule has 1 heterocycles. The zero-order valence-corrected chi connectivity index (χ0v) is 41.6. The van der Waals surface area contributed by atoms with Gasteiger partial charge >= 0.3 is 16.4 Å². The smallest absolute Gasteiger partial charge is 0.397 e. The van der Waals surface area contributed by atoms with Crippen molar-refractivity contribution in [3.05, 3.63) is 48.6 Å². The molecule has 1 fully saturated rings. The SMILES string of the molecule is CC/C=C\C/C=C\C/C=C\C/C=C\CCCCCCCCC(=O)OC(COCCCCCCCCCCCCCCCCCCCCC)COC1OC(CO)C(O)C(OS(=O)(=O)O)C1O. The van der Waals surface area contributed by atoms with Crippen LogP contribution in [0, 0.1) is 0 Å². The number of hydrogen-bond donors (Lipinski definition) is 4. The quantitative estimate of drug-likeness (QED) is 0.0197. The Kier molecular flexibility index (Phi) is 40.7. The van der Waals surface area contributed by atoms with E-state index in [1.807, 2.05) is 0 Å². The summed E-state index contributed by atoms with van der Waals surface area (Å²) in [6.45, 7) is 3.89. The molecule has 0 bridgehead atoms. The minimum Gasteiger partial charge on any atom is -0.457 e. The molecule has 1 aliphatic heterocycles. The van der Waals surface area contributed by atoms with Crippen LogP contribution in [0.5, 0.6) is 0 Å². The molecule has 1 rings (SSSR count). The van der Waals surface area contributed by atoms with Crippen LogP contribution < -0.4 is 0 Å². The highest BCUT2D eigenvalue weighted by atomic mass is 32.3. The Labute approximate surface area is 396 Å². The van der Waals surface area contributed by atoms with Crippen molar-refractivity contribution < 1.29 is 56.2 Å². The maximum absolute atomic E-state index is 12.9. The van der Waals surface area contributed by atoms with Crippen molar-refractivity contribution in [3.63, 3.8) is 0 Å². The van der Waals surface area contributed by atoms with Gasteiger partial charge in [-0.1, -0.05) is 204 Å². The van der Waals surface area contributed by atoms with E-state index in [1.165, 1.54) is 103 Å². The van der Waals surface area contributed by atoms with Gasteiger partial charge in [-0.25, -0.2) is 4.18 Å². The molecule has 0 aromatic carbocycles. The third kappa shape index (κ3) is 36.7. The topological polar surface area (TPSA) is 178 Å². The van der Waals surface area contributed by atoms with Crippen LogP contribution in [0.25, 0.3) is 0 Å². The van der Waals surface area contributed by atoms with Crippen LogP contribution in [0.4, 0.5) is 0 Å². The van der Waals surface area contributed by atoms with Crippen molar-refractivity contribution in [2.45, 2.75) is 250 Å². The van der Waals surface area contributed by atoms with Gasteiger partial charge in [0.2, 0.25) is 0 Å². The summed E-state index contributed by atoms with van der Waals surface area (Å²) < 4.78 is 59.3. The standard InChI is InChI=1S/C52H94O12S/c1-3-5-7-9-11-13-15-17-19-21-23-25-27-29-31-33-35-37-39-41-48(54)62-46(45-61-52-50(56)51(64-65(57,58)59)49(55)47(43-53)63-52)44-60-42-40-38-36-34-32-30-28-26-24-22-20-18-16-14-12-10-8-6-4-2/h5,7,11,13,17,19,23,25,46-47,49-53,55-56H,3-4,6,8-10,12,14-16,18,20-22,24,26-45H2,1-2H3,(H,57,58,59)/b7-5-,13-11-,19-17-,25-23-. The molecule has 6 atom stereocenters. The van der Waals surface area contributed by atoms with E-state index in [0.29, 0.717) is 13.0 Å². The first-order valence-electron chi connectivity index (χ1n) is 25.9. The Morgan fingerprint density at radius 1 is 0.600 bits per heavy atom. The molecule has 1 aliphatic rings. The highest BCUT2D eigenvalue weighted by Crippen LogP contribution is 2.26. The second-order valence-corrected chi connectivity index (χ2v) is 18.8. The van der Waals surface area contributed by atoms with Crippen LogP contribution in [0.1, 0.15) is 213 Å². The lowest BCUT2D eigenvalue weighted by molar-refractivity contribution is -0.301. The zero-order valence-electron chi connectivity index (χ0n) is 40.8. The van der Waals surface area contributed by atoms with Crippen LogP contribution in [0.15, 0.2) is 48.6 Å². The normalized spacial score (nSPS) is 20.0. The first-order chi connectivity index (χ1) is 31.6. The third-order valence-corrected chi connectivity index (χ3v) is 12.2. The van der Waals surface area contributed by atoms with E-state index >= 15 is 0 Å². The number of hydrogen-bond acceptors (Lipinski definition) is 11. The van der Waals surface area contributed by atoms with Crippen LogP contribution >= 0.6 is 0 Å². The number of allylic oxidation sites excluding steroid dienone is 8. The molecule has 380 valence electrons. The van der Waals surface area contributed by atoms with E-state index < -0.39 is 59.8 Å². The van der Waals surface area contributed by atoms with Crippen molar-refractivity contribution in [2.75, 3.05) is 26.4 Å². The zero-order chi connectivity index (χ0) is 47.5. The molecule has 65 heavy (non-hydrogen) atoms. The molecular formula is C52H94O12S. The summed E-state index contributed by atoms with van der Waals surface area (Å²) in [4.78, 5) is 12.9. The molecule has 1 saturated heterocycles. The lowest BCUT2D eigenvalue weighted by atomic mass is 9.99. The lowest BCUT2D eigenvalue weighted by Gasteiger charge is -2.41. The minimum absolute atomic E-state index is 0.0316. The number of carbonyl (C=O) groups excluding carboxylic acids is 1. The van der Waals surface area contributed by atoms with Crippen molar-refractivity contribution in [2.24, 2.45) is 0 Å². The highest BCUT2D eigenvalue weighted by molar-refractivity contribution is 7.80. The van der Waals surface area contributed by atoms with Crippen molar-refractivity contribution in [1.29, 1.82) is 0 Å². The lowest BCUT2D eigenvalue weighted by Crippen LogP contribution is -2.60. The van der Waals surface area contributed by atoms with Gasteiger partial charge in [0.05, 0.1) is 19.8 Å². The monoisotopic (exact) mass is 943 g/mol. The molecule has 0 spiro atoms. The predicted octanol–water partition coefficient (Wildman–Crippen LogP) is 11.9. The molecule has 0 aliphatic carbocycles. The molecule has 12 nitrogen and oxygen atoms in total. The maximum atomic E-state index is 12.9. The van der Waals surface area contributed by atoms with Gasteiger partial charge in [0, 0.05) is 13.0 Å². The highest BCUT2D eigenvalue weighted by Gasteiger charge is 2.48. The Bertz CT molecular complexity index is 1320. The summed E-state index contributed by atoms with van der Waals surface area (Å²) in [5.74, 6) is -0.411. The van der Waals surface area contributed by atoms with E-state index in [1.54, 1.807) is 0 Å². The molecule has 4 N–H and O–H groups in total. The van der Waals surface area contributed by atoms with Gasteiger partial charge in [-0.05, 0) is 51.4 Å². The first-order valence-corrected chi connectivity index (χ1v) is 27.3. The van der Waals surface area contributed by atoms with Gasteiger partial charge < -0.3 is 34.3 Å². The number of rotatable bonds is 45. The average molecular weight is 943 g/mol. The van der Waals surface area contributed by atoms with Gasteiger partial charge in [-0.2, -0.15) is 8.42 Å². The molecule has 0 aromatic heterocycles. The molecule has 0 aromatic rings. The van der Waals surface area contributed by atoms with Gasteiger partial charge in [0.25, 0.3) is 0 Å². The Hall–Kier alpha value is -1.94. The number of aliphatic hydroxyl groups excluding tert-OH is 3. The van der Waals surface area contributed by atoms with E-state index in [0.717, 1.165) is 83.5 Å². The molecular weight excluding hydrogens is 849 g/mol. The van der Waals surface area contributed by atoms with Crippen LogP contribution in [-0.2, 0) is 38.3 Å². The summed E-state index contributed by atoms with van der Waals surface area (Å²) >= 11 is 0. The Balaban J connectivity index is 2.37. The summed E-state index contributed by atoms with van der Waals surface area (Å²) in [6.07, 6.45) is 44.2. The fourth-order valence-electron chi connectivity index (χ4n) is 7.84. The van der Waals surface area contributed by atoms with Gasteiger partial charge in [0.1, 0.15) is 30.5 Å². The van der Waals surface area contributed by atoms with Crippen LogP contribution in [0.3, 0.4) is 0 Å². The third-order valence-electron chi connectivity index (χ3n) is 11.7. The van der Waals surface area contributed by atoms with Crippen molar-refractivity contribution in [3.8, 4) is 0 Å². The van der Waals surface area contributed by atoms with Crippen LogP contribution in [0.2, 0.25) is 0 Å².